The third-order valence-electron chi connectivity index (χ3n) is 8.45. The number of piperidine rings is 1. The van der Waals surface area contributed by atoms with E-state index in [4.69, 9.17) is 0 Å². The van der Waals surface area contributed by atoms with E-state index in [-0.39, 0.29) is 11.3 Å². The first kappa shape index (κ1) is 25.6. The van der Waals surface area contributed by atoms with E-state index in [0.717, 1.165) is 79.9 Å². The molecule has 2 N–H and O–H groups in total. The lowest BCUT2D eigenvalue weighted by Gasteiger charge is -2.55. The van der Waals surface area contributed by atoms with Gasteiger partial charge >= 0.3 is 0 Å². The van der Waals surface area contributed by atoms with Crippen molar-refractivity contribution in [3.8, 4) is 11.3 Å². The summed E-state index contributed by atoms with van der Waals surface area (Å²) in [4.78, 5) is 20.4. The van der Waals surface area contributed by atoms with Crippen LogP contribution in [-0.4, -0.2) is 69.2 Å². The van der Waals surface area contributed by atoms with Crippen LogP contribution in [0.15, 0.2) is 48.8 Å². The number of pyridine rings is 1. The van der Waals surface area contributed by atoms with Gasteiger partial charge in [-0.1, -0.05) is 44.5 Å². The second-order valence-corrected chi connectivity index (χ2v) is 11.3. The zero-order chi connectivity index (χ0) is 26.2. The Labute approximate surface area is 219 Å². The minimum absolute atomic E-state index is 0.144. The number of aromatic amines is 1. The zero-order valence-corrected chi connectivity index (χ0v) is 22.5. The standard InChI is InChI=1S/C30H39N5O2/c1-5-6-22-7-9-25(10-8-22)30(37,29(3)19-34(4)20-29)26-15-24(17-31-18-26)28-16-27(32-33-28)23-11-13-35(14-12-23)21(2)36/h7-10,15-18,23,37H,5-6,11-14,19-20H2,1-4H3,(H,32,33)/t30-/m0/s1. The Balaban J connectivity index is 1.45. The maximum atomic E-state index is 12.5. The third-order valence-corrected chi connectivity index (χ3v) is 8.45. The van der Waals surface area contributed by atoms with Gasteiger partial charge in [-0.3, -0.25) is 14.9 Å². The maximum absolute atomic E-state index is 12.5. The molecule has 0 unspecified atom stereocenters. The van der Waals surface area contributed by atoms with Gasteiger partial charge in [-0.2, -0.15) is 5.10 Å². The summed E-state index contributed by atoms with van der Waals surface area (Å²) < 4.78 is 0. The van der Waals surface area contributed by atoms with Crippen LogP contribution in [-0.2, 0) is 16.8 Å². The largest absolute Gasteiger partial charge is 0.380 e. The Morgan fingerprint density at radius 3 is 2.46 bits per heavy atom. The highest BCUT2D eigenvalue weighted by molar-refractivity contribution is 5.73. The highest BCUT2D eigenvalue weighted by atomic mass is 16.3. The number of H-pyrrole nitrogens is 1. The van der Waals surface area contributed by atoms with Crippen LogP contribution in [0.3, 0.4) is 0 Å². The van der Waals surface area contributed by atoms with Gasteiger partial charge < -0.3 is 14.9 Å². The number of carbonyl (C=O) groups excluding carboxylic acids is 1. The summed E-state index contributed by atoms with van der Waals surface area (Å²) in [6.45, 7) is 9.15. The van der Waals surface area contributed by atoms with Crippen LogP contribution in [0.4, 0.5) is 0 Å². The molecule has 2 fully saturated rings. The van der Waals surface area contributed by atoms with Gasteiger partial charge in [0.15, 0.2) is 0 Å². The van der Waals surface area contributed by atoms with Crippen LogP contribution in [0, 0.1) is 5.41 Å². The highest BCUT2D eigenvalue weighted by Crippen LogP contribution is 2.50. The molecule has 0 saturated carbocycles. The molecule has 1 amide bonds. The monoisotopic (exact) mass is 501 g/mol. The molecule has 2 saturated heterocycles. The predicted octanol–water partition coefficient (Wildman–Crippen LogP) is 4.34. The van der Waals surface area contributed by atoms with E-state index in [9.17, 15) is 9.90 Å². The summed E-state index contributed by atoms with van der Waals surface area (Å²) in [5, 5.41) is 20.3. The number of aromatic nitrogens is 3. The fourth-order valence-corrected chi connectivity index (χ4v) is 6.42. The van der Waals surface area contributed by atoms with Gasteiger partial charge in [-0.15, -0.1) is 0 Å². The average Bonchev–Trinajstić information content (AvgIpc) is 3.39. The molecule has 2 aliphatic rings. The van der Waals surface area contributed by atoms with E-state index in [0.29, 0.717) is 5.92 Å². The number of amides is 1. The number of nitrogens with zero attached hydrogens (tertiary/aromatic N) is 4. The van der Waals surface area contributed by atoms with Crippen molar-refractivity contribution in [3.05, 3.63) is 71.2 Å². The number of likely N-dealkylation sites (tertiary alicyclic amines) is 2. The Hall–Kier alpha value is -3.03. The van der Waals surface area contributed by atoms with E-state index in [1.165, 1.54) is 5.56 Å². The number of aliphatic hydroxyl groups is 1. The lowest BCUT2D eigenvalue weighted by molar-refractivity contribution is -0.129. The molecule has 2 aromatic heterocycles. The number of carbonyl (C=O) groups is 1. The lowest BCUT2D eigenvalue weighted by Crippen LogP contribution is -2.63. The molecule has 0 bridgehead atoms. The van der Waals surface area contributed by atoms with Crippen LogP contribution in [0.2, 0.25) is 0 Å². The second-order valence-electron chi connectivity index (χ2n) is 11.3. The molecule has 4 heterocycles. The SMILES string of the molecule is CCCc1ccc([C@](O)(c2cncc(-c3cc(C4CCN(C(C)=O)CC4)[nH]n3)c2)C2(C)CN(C)C2)cc1. The number of hydrogen-bond acceptors (Lipinski definition) is 5. The molecule has 0 radical (unpaired) electrons. The van der Waals surface area contributed by atoms with Crippen LogP contribution in [0.25, 0.3) is 11.3 Å². The van der Waals surface area contributed by atoms with Gasteiger partial charge in [0.05, 0.1) is 5.69 Å². The third kappa shape index (κ3) is 4.71. The molecule has 7 heteroatoms. The minimum atomic E-state index is -1.17. The summed E-state index contributed by atoms with van der Waals surface area (Å²) in [6.07, 6.45) is 7.61. The Morgan fingerprint density at radius 2 is 1.84 bits per heavy atom. The number of benzene rings is 1. The number of hydrogen-bond donors (Lipinski definition) is 2. The average molecular weight is 502 g/mol. The first-order valence-electron chi connectivity index (χ1n) is 13.5. The van der Waals surface area contributed by atoms with Crippen molar-refractivity contribution in [1.82, 2.24) is 25.0 Å². The fourth-order valence-electron chi connectivity index (χ4n) is 6.42. The topological polar surface area (TPSA) is 85.3 Å². The molecule has 3 aromatic rings. The fraction of sp³-hybridized carbons (Fsp3) is 0.500. The van der Waals surface area contributed by atoms with Crippen LogP contribution >= 0.6 is 0 Å². The summed E-state index contributed by atoms with van der Waals surface area (Å²) in [5.74, 6) is 0.501. The second kappa shape index (κ2) is 10.0. The molecule has 0 aliphatic carbocycles. The number of aryl methyl sites for hydroxylation is 1. The molecular weight excluding hydrogens is 462 g/mol. The van der Waals surface area contributed by atoms with E-state index < -0.39 is 5.60 Å². The van der Waals surface area contributed by atoms with Crippen LogP contribution in [0.1, 0.15) is 68.3 Å². The number of rotatable bonds is 7. The highest BCUT2D eigenvalue weighted by Gasteiger charge is 2.55. The van der Waals surface area contributed by atoms with Crippen LogP contribution < -0.4 is 0 Å². The zero-order valence-electron chi connectivity index (χ0n) is 22.5. The minimum Gasteiger partial charge on any atom is -0.380 e. The van der Waals surface area contributed by atoms with Crippen molar-refractivity contribution >= 4 is 5.91 Å². The predicted molar refractivity (Wildman–Crippen MR) is 145 cm³/mol. The van der Waals surface area contributed by atoms with Crippen molar-refractivity contribution in [2.24, 2.45) is 5.41 Å². The molecular formula is C30H39N5O2. The van der Waals surface area contributed by atoms with Gasteiger partial charge in [0.25, 0.3) is 0 Å². The summed E-state index contributed by atoms with van der Waals surface area (Å²) in [7, 11) is 2.09. The summed E-state index contributed by atoms with van der Waals surface area (Å²) in [6, 6.07) is 12.6. The van der Waals surface area contributed by atoms with E-state index in [1.54, 1.807) is 13.1 Å². The summed E-state index contributed by atoms with van der Waals surface area (Å²) in [5.41, 5.74) is 4.28. The van der Waals surface area contributed by atoms with Gasteiger partial charge in [0.1, 0.15) is 5.60 Å². The Morgan fingerprint density at radius 1 is 1.14 bits per heavy atom. The number of nitrogens with one attached hydrogen (secondary N) is 1. The van der Waals surface area contributed by atoms with E-state index in [1.807, 2.05) is 11.1 Å². The smallest absolute Gasteiger partial charge is 0.219 e. The Bertz CT molecular complexity index is 1240. The van der Waals surface area contributed by atoms with Gasteiger partial charge in [0.2, 0.25) is 5.91 Å². The molecule has 37 heavy (non-hydrogen) atoms. The molecule has 7 nitrogen and oxygen atoms in total. The molecule has 0 spiro atoms. The van der Waals surface area contributed by atoms with Gasteiger partial charge in [-0.05, 0) is 49.6 Å². The summed E-state index contributed by atoms with van der Waals surface area (Å²) >= 11 is 0. The Kier molecular flexibility index (Phi) is 6.94. The van der Waals surface area contributed by atoms with Crippen molar-refractivity contribution < 1.29 is 9.90 Å². The van der Waals surface area contributed by atoms with Crippen molar-refractivity contribution in [2.45, 2.75) is 58.0 Å². The molecule has 1 aromatic carbocycles. The van der Waals surface area contributed by atoms with Crippen molar-refractivity contribution in [2.75, 3.05) is 33.2 Å². The first-order chi connectivity index (χ1) is 17.7. The van der Waals surface area contributed by atoms with Gasteiger partial charge in [0, 0.05) is 73.7 Å². The molecule has 196 valence electrons. The normalized spacial score (nSPS) is 19.9. The van der Waals surface area contributed by atoms with E-state index >= 15 is 0 Å². The molecule has 5 rings (SSSR count). The molecule has 2 aliphatic heterocycles. The van der Waals surface area contributed by atoms with E-state index in [2.05, 4.69) is 77.4 Å². The maximum Gasteiger partial charge on any atom is 0.219 e. The van der Waals surface area contributed by atoms with Crippen LogP contribution in [0.5, 0.6) is 0 Å². The first-order valence-corrected chi connectivity index (χ1v) is 13.5. The van der Waals surface area contributed by atoms with Crippen molar-refractivity contribution in [3.63, 3.8) is 0 Å². The molecule has 1 atom stereocenters. The lowest BCUT2D eigenvalue weighted by atomic mass is 9.62. The van der Waals surface area contributed by atoms with Gasteiger partial charge in [-0.25, -0.2) is 0 Å². The quantitative estimate of drug-likeness (QED) is 0.503. The van der Waals surface area contributed by atoms with Crippen molar-refractivity contribution in [1.29, 1.82) is 0 Å².